The van der Waals surface area contributed by atoms with Crippen molar-refractivity contribution in [3.63, 3.8) is 0 Å². The molecule has 0 aliphatic rings. The molecule has 0 saturated carbocycles. The monoisotopic (exact) mass is 352 g/mol. The van der Waals surface area contributed by atoms with Crippen LogP contribution < -0.4 is 0 Å². The van der Waals surface area contributed by atoms with Gasteiger partial charge in [-0.3, -0.25) is 4.79 Å². The number of hydrogen-bond donors (Lipinski definition) is 1. The molecule has 0 radical (unpaired) electrons. The van der Waals surface area contributed by atoms with E-state index >= 15 is 0 Å². The minimum atomic E-state index is -0.654. The molecule has 2 heteroatoms. The zero-order chi connectivity index (χ0) is 18.4. The van der Waals surface area contributed by atoms with Crippen molar-refractivity contribution in [3.05, 3.63) is 12.2 Å². The molecule has 0 saturated heterocycles. The minimum Gasteiger partial charge on any atom is -0.481 e. The molecule has 0 unspecified atom stereocenters. The number of hydrogen-bond acceptors (Lipinski definition) is 1. The Morgan fingerprint density at radius 2 is 0.960 bits per heavy atom. The van der Waals surface area contributed by atoms with E-state index in [9.17, 15) is 4.79 Å². The fraction of sp³-hybridized carbons (Fsp3) is 0.870. The molecule has 0 spiro atoms. The summed E-state index contributed by atoms with van der Waals surface area (Å²) in [6.45, 7) is 2.26. The van der Waals surface area contributed by atoms with Crippen molar-refractivity contribution < 1.29 is 9.90 Å². The summed E-state index contributed by atoms with van der Waals surface area (Å²) in [6.07, 6.45) is 28.6. The molecule has 0 aliphatic heterocycles. The van der Waals surface area contributed by atoms with Crippen LogP contribution in [0.25, 0.3) is 0 Å². The maximum Gasteiger partial charge on any atom is 0.303 e. The molecule has 0 bridgehead atoms. The Hall–Kier alpha value is -0.790. The van der Waals surface area contributed by atoms with Crippen molar-refractivity contribution in [3.8, 4) is 0 Å². The van der Waals surface area contributed by atoms with Crippen LogP contribution in [0.1, 0.15) is 129 Å². The normalized spacial score (nSPS) is 11.4. The Bertz CT molecular complexity index is 296. The summed E-state index contributed by atoms with van der Waals surface area (Å²) in [5.74, 6) is -0.654. The molecular weight excluding hydrogens is 308 g/mol. The lowest BCUT2D eigenvalue weighted by molar-refractivity contribution is -0.137. The highest BCUT2D eigenvalue weighted by molar-refractivity contribution is 5.66. The Morgan fingerprint density at radius 1 is 0.600 bits per heavy atom. The zero-order valence-electron chi connectivity index (χ0n) is 16.9. The summed E-state index contributed by atoms with van der Waals surface area (Å²) in [6, 6.07) is 0. The Labute approximate surface area is 157 Å². The second-order valence-corrected chi connectivity index (χ2v) is 7.50. The molecule has 0 aromatic rings. The molecule has 0 atom stereocenters. The Balaban J connectivity index is 3.04. The van der Waals surface area contributed by atoms with E-state index in [4.69, 9.17) is 5.11 Å². The molecule has 25 heavy (non-hydrogen) atoms. The van der Waals surface area contributed by atoms with E-state index < -0.39 is 5.97 Å². The molecule has 0 amide bonds. The lowest BCUT2D eigenvalue weighted by Crippen LogP contribution is -1.93. The van der Waals surface area contributed by atoms with Gasteiger partial charge in [-0.1, -0.05) is 103 Å². The van der Waals surface area contributed by atoms with E-state index in [2.05, 4.69) is 19.1 Å². The van der Waals surface area contributed by atoms with Crippen molar-refractivity contribution in [1.29, 1.82) is 0 Å². The van der Waals surface area contributed by atoms with Gasteiger partial charge in [0, 0.05) is 6.42 Å². The summed E-state index contributed by atoms with van der Waals surface area (Å²) in [5, 5.41) is 8.56. The van der Waals surface area contributed by atoms with Gasteiger partial charge in [0.2, 0.25) is 0 Å². The number of carbonyl (C=O) groups is 1. The summed E-state index contributed by atoms with van der Waals surface area (Å²) in [5.41, 5.74) is 0. The average Bonchev–Trinajstić information content (AvgIpc) is 2.60. The Morgan fingerprint density at radius 3 is 1.36 bits per heavy atom. The van der Waals surface area contributed by atoms with Crippen LogP contribution in [0.15, 0.2) is 12.2 Å². The van der Waals surface area contributed by atoms with Crippen LogP contribution in [0.4, 0.5) is 0 Å². The molecule has 0 heterocycles. The van der Waals surface area contributed by atoms with E-state index in [-0.39, 0.29) is 0 Å². The fourth-order valence-corrected chi connectivity index (χ4v) is 3.23. The van der Waals surface area contributed by atoms with E-state index in [1.165, 1.54) is 103 Å². The molecule has 0 aliphatic carbocycles. The van der Waals surface area contributed by atoms with E-state index in [0.29, 0.717) is 6.42 Å². The number of carboxylic acids is 1. The predicted molar refractivity (Wildman–Crippen MR) is 110 cm³/mol. The topological polar surface area (TPSA) is 37.3 Å². The molecular formula is C23H44O2. The number of aliphatic carboxylic acids is 1. The predicted octanol–water partition coefficient (Wildman–Crippen LogP) is 8.06. The molecule has 0 fully saturated rings. The first-order chi connectivity index (χ1) is 12.3. The van der Waals surface area contributed by atoms with Gasteiger partial charge >= 0.3 is 5.97 Å². The molecule has 0 aromatic carbocycles. The molecule has 148 valence electrons. The third kappa shape index (κ3) is 23.2. The van der Waals surface area contributed by atoms with Crippen molar-refractivity contribution in [2.75, 3.05) is 0 Å². The smallest absolute Gasteiger partial charge is 0.303 e. The summed E-state index contributed by atoms with van der Waals surface area (Å²) >= 11 is 0. The number of unbranched alkanes of at least 4 members (excludes halogenated alkanes) is 16. The second kappa shape index (κ2) is 21.3. The van der Waals surface area contributed by atoms with Crippen LogP contribution >= 0.6 is 0 Å². The van der Waals surface area contributed by atoms with E-state index in [1.54, 1.807) is 0 Å². The van der Waals surface area contributed by atoms with Gasteiger partial charge in [-0.05, 0) is 32.1 Å². The molecule has 0 aromatic heterocycles. The highest BCUT2D eigenvalue weighted by Crippen LogP contribution is 2.13. The van der Waals surface area contributed by atoms with Gasteiger partial charge in [-0.25, -0.2) is 0 Å². The first-order valence-corrected chi connectivity index (χ1v) is 11.1. The van der Waals surface area contributed by atoms with Gasteiger partial charge < -0.3 is 5.11 Å². The van der Waals surface area contributed by atoms with Crippen molar-refractivity contribution in [2.24, 2.45) is 0 Å². The van der Waals surface area contributed by atoms with Crippen molar-refractivity contribution >= 4 is 5.97 Å². The summed E-state index contributed by atoms with van der Waals surface area (Å²) in [4.78, 5) is 10.4. The molecule has 2 nitrogen and oxygen atoms in total. The summed E-state index contributed by atoms with van der Waals surface area (Å²) < 4.78 is 0. The van der Waals surface area contributed by atoms with Gasteiger partial charge in [0.1, 0.15) is 0 Å². The average molecular weight is 353 g/mol. The largest absolute Gasteiger partial charge is 0.481 e. The summed E-state index contributed by atoms with van der Waals surface area (Å²) in [7, 11) is 0. The van der Waals surface area contributed by atoms with Gasteiger partial charge in [0.15, 0.2) is 0 Å². The van der Waals surface area contributed by atoms with E-state index in [1.807, 2.05) is 0 Å². The van der Waals surface area contributed by atoms with Crippen LogP contribution in [0, 0.1) is 0 Å². The zero-order valence-corrected chi connectivity index (χ0v) is 16.9. The third-order valence-corrected chi connectivity index (χ3v) is 4.90. The maximum absolute atomic E-state index is 10.4. The van der Waals surface area contributed by atoms with Crippen LogP contribution in [0.5, 0.6) is 0 Å². The van der Waals surface area contributed by atoms with Gasteiger partial charge in [0.05, 0.1) is 0 Å². The van der Waals surface area contributed by atoms with Gasteiger partial charge in [-0.2, -0.15) is 0 Å². The maximum atomic E-state index is 10.4. The number of rotatable bonds is 20. The first-order valence-electron chi connectivity index (χ1n) is 11.1. The fourth-order valence-electron chi connectivity index (χ4n) is 3.23. The SMILES string of the molecule is CCCCC/C=C\CCCCCCCCCCCCCCCC(=O)O. The highest BCUT2D eigenvalue weighted by atomic mass is 16.4. The first kappa shape index (κ1) is 24.2. The van der Waals surface area contributed by atoms with Crippen molar-refractivity contribution in [2.45, 2.75) is 129 Å². The lowest BCUT2D eigenvalue weighted by Gasteiger charge is -2.03. The van der Waals surface area contributed by atoms with Crippen LogP contribution in [0.3, 0.4) is 0 Å². The number of carboxylic acid groups (broad SMARTS) is 1. The van der Waals surface area contributed by atoms with E-state index in [0.717, 1.165) is 12.8 Å². The third-order valence-electron chi connectivity index (χ3n) is 4.90. The molecule has 0 rings (SSSR count). The second-order valence-electron chi connectivity index (χ2n) is 7.50. The van der Waals surface area contributed by atoms with Gasteiger partial charge in [-0.15, -0.1) is 0 Å². The number of allylic oxidation sites excluding steroid dienone is 2. The van der Waals surface area contributed by atoms with Crippen LogP contribution in [0.2, 0.25) is 0 Å². The minimum absolute atomic E-state index is 0.343. The lowest BCUT2D eigenvalue weighted by atomic mass is 10.0. The standard InChI is InChI=1S/C23H44O2/c1-2-3-4-5-6-7-8-9-10-11-12-13-14-15-16-17-18-19-20-21-22-23(24)25/h6-7H,2-5,8-22H2,1H3,(H,24,25)/b7-6-. The Kier molecular flexibility index (Phi) is 20.6. The highest BCUT2D eigenvalue weighted by Gasteiger charge is 1.97. The van der Waals surface area contributed by atoms with Crippen LogP contribution in [-0.4, -0.2) is 11.1 Å². The quantitative estimate of drug-likeness (QED) is 0.178. The van der Waals surface area contributed by atoms with Gasteiger partial charge in [0.25, 0.3) is 0 Å². The van der Waals surface area contributed by atoms with Crippen LogP contribution in [-0.2, 0) is 4.79 Å². The van der Waals surface area contributed by atoms with Crippen molar-refractivity contribution in [1.82, 2.24) is 0 Å². The molecule has 1 N–H and O–H groups in total.